The molecule has 0 saturated carbocycles. The molecule has 0 amide bonds. The molecule has 0 unspecified atom stereocenters. The minimum absolute atomic E-state index is 0.0507. The van der Waals surface area contributed by atoms with Crippen LogP contribution < -0.4 is 4.74 Å². The van der Waals surface area contributed by atoms with Crippen molar-refractivity contribution >= 4 is 23.6 Å². The van der Waals surface area contributed by atoms with Gasteiger partial charge in [-0.1, -0.05) is 18.2 Å². The molecule has 1 heterocycles. The lowest BCUT2D eigenvalue weighted by molar-refractivity contribution is -0.385. The van der Waals surface area contributed by atoms with E-state index in [9.17, 15) is 14.9 Å². The first-order valence-corrected chi connectivity index (χ1v) is 7.99. The summed E-state index contributed by atoms with van der Waals surface area (Å²) in [6, 6.07) is 11.8. The number of rotatable bonds is 5. The Morgan fingerprint density at radius 2 is 1.96 bits per heavy atom. The standard InChI is InChI=1S/C19H16N2O5/c1-3-25-14-9-7-13(8-10-14)11-16-19(22)26-18(20-16)15-5-4-6-17(12(15)2)21(23)24/h4-11H,3H2,1-2H3. The van der Waals surface area contributed by atoms with Gasteiger partial charge in [-0.15, -0.1) is 0 Å². The van der Waals surface area contributed by atoms with Crippen LogP contribution in [0.4, 0.5) is 5.69 Å². The number of nitro groups is 1. The third kappa shape index (κ3) is 3.46. The Morgan fingerprint density at radius 3 is 2.62 bits per heavy atom. The average Bonchev–Trinajstić information content (AvgIpc) is 2.97. The van der Waals surface area contributed by atoms with E-state index < -0.39 is 10.9 Å². The number of nitrogens with zero attached hydrogens (tertiary/aromatic N) is 2. The molecule has 0 atom stereocenters. The molecule has 132 valence electrons. The van der Waals surface area contributed by atoms with Gasteiger partial charge in [0.15, 0.2) is 5.70 Å². The van der Waals surface area contributed by atoms with Gasteiger partial charge in [-0.2, -0.15) is 0 Å². The first kappa shape index (κ1) is 17.3. The Morgan fingerprint density at radius 1 is 1.23 bits per heavy atom. The first-order valence-electron chi connectivity index (χ1n) is 7.99. The van der Waals surface area contributed by atoms with Crippen molar-refractivity contribution in [3.63, 3.8) is 0 Å². The maximum Gasteiger partial charge on any atom is 0.363 e. The van der Waals surface area contributed by atoms with Crippen molar-refractivity contribution in [1.82, 2.24) is 0 Å². The number of esters is 1. The van der Waals surface area contributed by atoms with Crippen molar-refractivity contribution in [1.29, 1.82) is 0 Å². The third-order valence-corrected chi connectivity index (χ3v) is 3.85. The molecule has 0 aromatic heterocycles. The van der Waals surface area contributed by atoms with Crippen molar-refractivity contribution in [2.45, 2.75) is 13.8 Å². The summed E-state index contributed by atoms with van der Waals surface area (Å²) in [6.07, 6.45) is 1.59. The summed E-state index contributed by atoms with van der Waals surface area (Å²) in [5.74, 6) is 0.202. The molecular weight excluding hydrogens is 336 g/mol. The van der Waals surface area contributed by atoms with E-state index in [0.717, 1.165) is 11.3 Å². The highest BCUT2D eigenvalue weighted by Crippen LogP contribution is 2.26. The van der Waals surface area contributed by atoms with Gasteiger partial charge >= 0.3 is 5.97 Å². The van der Waals surface area contributed by atoms with Crippen LogP contribution in [0.3, 0.4) is 0 Å². The second-order valence-electron chi connectivity index (χ2n) is 5.54. The molecule has 0 fully saturated rings. The average molecular weight is 352 g/mol. The number of carbonyl (C=O) groups excluding carboxylic acids is 1. The highest BCUT2D eigenvalue weighted by Gasteiger charge is 2.27. The molecule has 7 nitrogen and oxygen atoms in total. The Labute approximate surface area is 149 Å². The number of carbonyl (C=O) groups is 1. The van der Waals surface area contributed by atoms with E-state index in [4.69, 9.17) is 9.47 Å². The molecular formula is C19H16N2O5. The summed E-state index contributed by atoms with van der Waals surface area (Å²) < 4.78 is 10.6. The first-order chi connectivity index (χ1) is 12.5. The van der Waals surface area contributed by atoms with Gasteiger partial charge in [0, 0.05) is 17.2 Å². The maximum absolute atomic E-state index is 12.1. The van der Waals surface area contributed by atoms with Crippen LogP contribution in [0.5, 0.6) is 5.75 Å². The topological polar surface area (TPSA) is 91.0 Å². The van der Waals surface area contributed by atoms with Gasteiger partial charge in [0.05, 0.1) is 11.5 Å². The lowest BCUT2D eigenvalue weighted by atomic mass is 10.1. The number of hydrogen-bond acceptors (Lipinski definition) is 6. The normalized spacial score (nSPS) is 14.9. The zero-order valence-electron chi connectivity index (χ0n) is 14.3. The van der Waals surface area contributed by atoms with Crippen molar-refractivity contribution in [3.8, 4) is 5.75 Å². The Balaban J connectivity index is 1.92. The van der Waals surface area contributed by atoms with E-state index in [1.807, 2.05) is 6.92 Å². The van der Waals surface area contributed by atoms with E-state index in [1.165, 1.54) is 12.1 Å². The van der Waals surface area contributed by atoms with Crippen LogP contribution in [0.25, 0.3) is 6.08 Å². The largest absolute Gasteiger partial charge is 0.494 e. The molecule has 0 bridgehead atoms. The van der Waals surface area contributed by atoms with Gasteiger partial charge in [-0.05, 0) is 43.7 Å². The summed E-state index contributed by atoms with van der Waals surface area (Å²) in [7, 11) is 0. The number of hydrogen-bond donors (Lipinski definition) is 0. The van der Waals surface area contributed by atoms with Gasteiger partial charge in [-0.3, -0.25) is 10.1 Å². The second kappa shape index (κ2) is 7.18. The van der Waals surface area contributed by atoms with Gasteiger partial charge in [0.2, 0.25) is 5.90 Å². The summed E-state index contributed by atoms with van der Waals surface area (Å²) in [4.78, 5) is 26.9. The van der Waals surface area contributed by atoms with Crippen LogP contribution in [0.1, 0.15) is 23.6 Å². The molecule has 1 aliphatic heterocycles. The zero-order chi connectivity index (χ0) is 18.7. The number of ether oxygens (including phenoxy) is 2. The predicted molar refractivity (Wildman–Crippen MR) is 96.1 cm³/mol. The summed E-state index contributed by atoms with van der Waals surface area (Å²) >= 11 is 0. The minimum atomic E-state index is -0.597. The van der Waals surface area contributed by atoms with Crippen LogP contribution in [0.15, 0.2) is 53.2 Å². The highest BCUT2D eigenvalue weighted by atomic mass is 16.6. The van der Waals surface area contributed by atoms with Gasteiger partial charge in [0.1, 0.15) is 5.75 Å². The monoisotopic (exact) mass is 352 g/mol. The smallest absolute Gasteiger partial charge is 0.363 e. The van der Waals surface area contributed by atoms with Crippen molar-refractivity contribution in [3.05, 3.63) is 75.0 Å². The molecule has 2 aromatic rings. The molecule has 3 rings (SSSR count). The quantitative estimate of drug-likeness (QED) is 0.354. The molecule has 7 heteroatoms. The fourth-order valence-electron chi connectivity index (χ4n) is 2.56. The zero-order valence-corrected chi connectivity index (χ0v) is 14.3. The van der Waals surface area contributed by atoms with Crippen LogP contribution in [0.2, 0.25) is 0 Å². The summed E-state index contributed by atoms with van der Waals surface area (Å²) in [5.41, 5.74) is 1.66. The van der Waals surface area contributed by atoms with E-state index >= 15 is 0 Å². The summed E-state index contributed by atoms with van der Waals surface area (Å²) in [5, 5.41) is 11.1. The highest BCUT2D eigenvalue weighted by molar-refractivity contribution is 6.13. The van der Waals surface area contributed by atoms with Crippen molar-refractivity contribution in [2.24, 2.45) is 4.99 Å². The Kier molecular flexibility index (Phi) is 4.79. The van der Waals surface area contributed by atoms with Gasteiger partial charge in [0.25, 0.3) is 5.69 Å². The summed E-state index contributed by atoms with van der Waals surface area (Å²) in [6.45, 7) is 4.07. The number of cyclic esters (lactones) is 1. The van der Waals surface area contributed by atoms with Crippen LogP contribution in [0, 0.1) is 17.0 Å². The molecule has 0 radical (unpaired) electrons. The molecule has 2 aromatic carbocycles. The molecule has 0 aliphatic carbocycles. The maximum atomic E-state index is 12.1. The van der Waals surface area contributed by atoms with Crippen molar-refractivity contribution in [2.75, 3.05) is 6.61 Å². The lowest BCUT2D eigenvalue weighted by Gasteiger charge is -2.04. The number of benzene rings is 2. The fraction of sp³-hybridized carbons (Fsp3) is 0.158. The van der Waals surface area contributed by atoms with Crippen LogP contribution in [-0.2, 0) is 9.53 Å². The fourth-order valence-corrected chi connectivity index (χ4v) is 2.56. The van der Waals surface area contributed by atoms with Gasteiger partial charge in [-0.25, -0.2) is 9.79 Å². The Hall–Kier alpha value is -3.48. The number of aliphatic imine (C=N–C) groups is 1. The van der Waals surface area contributed by atoms with E-state index in [2.05, 4.69) is 4.99 Å². The predicted octanol–water partition coefficient (Wildman–Crippen LogP) is 3.65. The number of nitro benzene ring substituents is 1. The second-order valence-corrected chi connectivity index (χ2v) is 5.54. The lowest BCUT2D eigenvalue weighted by Crippen LogP contribution is -2.08. The SMILES string of the molecule is CCOc1ccc(C=C2N=C(c3cccc([N+](=O)[O-])c3C)OC2=O)cc1. The van der Waals surface area contributed by atoms with Crippen LogP contribution >= 0.6 is 0 Å². The molecule has 0 saturated heterocycles. The van der Waals surface area contributed by atoms with E-state index in [0.29, 0.717) is 17.7 Å². The molecule has 26 heavy (non-hydrogen) atoms. The van der Waals surface area contributed by atoms with Crippen LogP contribution in [-0.4, -0.2) is 23.4 Å². The van der Waals surface area contributed by atoms with E-state index in [1.54, 1.807) is 43.3 Å². The molecule has 1 aliphatic rings. The van der Waals surface area contributed by atoms with Crippen molar-refractivity contribution < 1.29 is 19.2 Å². The Bertz CT molecular complexity index is 929. The van der Waals surface area contributed by atoms with Gasteiger partial charge < -0.3 is 9.47 Å². The third-order valence-electron chi connectivity index (χ3n) is 3.85. The minimum Gasteiger partial charge on any atom is -0.494 e. The molecule has 0 N–H and O–H groups in total. The molecule has 0 spiro atoms. The van der Waals surface area contributed by atoms with E-state index in [-0.39, 0.29) is 17.3 Å².